The molecule has 0 aromatic heterocycles. The van der Waals surface area contributed by atoms with Gasteiger partial charge in [0.15, 0.2) is 0 Å². The van der Waals surface area contributed by atoms with Crippen molar-refractivity contribution in [3.05, 3.63) is 24.3 Å². The summed E-state index contributed by atoms with van der Waals surface area (Å²) in [4.78, 5) is 2.18. The first kappa shape index (κ1) is 12.2. The Morgan fingerprint density at radius 1 is 1.47 bits per heavy atom. The van der Waals surface area contributed by atoms with Crippen LogP contribution in [0, 0.1) is 0 Å². The minimum Gasteiger partial charge on any atom is -0.489 e. The highest BCUT2D eigenvalue weighted by atomic mass is 16.5. The Balaban J connectivity index is 1.75. The molecule has 1 aliphatic carbocycles. The topological polar surface area (TPSA) is 58.7 Å². The molecule has 4 nitrogen and oxygen atoms in total. The largest absolute Gasteiger partial charge is 0.489 e. The lowest BCUT2D eigenvalue weighted by atomic mass is 10.3. The Kier molecular flexibility index (Phi) is 3.86. The van der Waals surface area contributed by atoms with E-state index in [0.29, 0.717) is 24.0 Å². The molecule has 94 valence electrons. The van der Waals surface area contributed by atoms with Gasteiger partial charge in [0.2, 0.25) is 0 Å². The molecule has 1 aromatic rings. The Bertz CT molecular complexity index is 366. The third kappa shape index (κ3) is 3.61. The van der Waals surface area contributed by atoms with Crippen molar-refractivity contribution in [3.63, 3.8) is 0 Å². The average molecular weight is 236 g/mol. The first-order valence-electron chi connectivity index (χ1n) is 6.02. The number of rotatable bonds is 6. The summed E-state index contributed by atoms with van der Waals surface area (Å²) in [5.41, 5.74) is 6.36. The monoisotopic (exact) mass is 236 g/mol. The Hall–Kier alpha value is -1.26. The van der Waals surface area contributed by atoms with Crippen LogP contribution in [-0.2, 0) is 0 Å². The number of nitrogen functional groups attached to an aromatic ring is 1. The highest BCUT2D eigenvalue weighted by molar-refractivity contribution is 5.51. The summed E-state index contributed by atoms with van der Waals surface area (Å²) < 4.78 is 5.50. The van der Waals surface area contributed by atoms with Gasteiger partial charge in [0.25, 0.3) is 0 Å². The van der Waals surface area contributed by atoms with Crippen LogP contribution in [0.15, 0.2) is 24.3 Å². The number of aliphatic hydroxyl groups is 1. The van der Waals surface area contributed by atoms with Crippen LogP contribution in [0.4, 0.5) is 5.69 Å². The van der Waals surface area contributed by atoms with Gasteiger partial charge in [0.05, 0.1) is 5.69 Å². The highest BCUT2D eigenvalue weighted by Gasteiger charge is 2.27. The first-order chi connectivity index (χ1) is 8.16. The van der Waals surface area contributed by atoms with Crippen molar-refractivity contribution in [1.82, 2.24) is 4.90 Å². The molecule has 1 fully saturated rings. The predicted octanol–water partition coefficient (Wildman–Crippen LogP) is 1.10. The van der Waals surface area contributed by atoms with Gasteiger partial charge < -0.3 is 20.5 Å². The number of nitrogens with zero attached hydrogens (tertiary/aromatic N) is 1. The summed E-state index contributed by atoms with van der Waals surface area (Å²) in [6, 6.07) is 7.99. The van der Waals surface area contributed by atoms with E-state index in [2.05, 4.69) is 4.90 Å². The summed E-state index contributed by atoms with van der Waals surface area (Å²) in [6.07, 6.45) is 2.02. The summed E-state index contributed by atoms with van der Waals surface area (Å²) in [5.74, 6) is 0.639. The number of benzene rings is 1. The van der Waals surface area contributed by atoms with Crippen molar-refractivity contribution in [2.24, 2.45) is 0 Å². The molecule has 1 atom stereocenters. The summed E-state index contributed by atoms with van der Waals surface area (Å²) in [7, 11) is 2.04. The van der Waals surface area contributed by atoms with Crippen LogP contribution >= 0.6 is 0 Å². The Labute approximate surface area is 102 Å². The maximum atomic E-state index is 9.84. The molecular weight excluding hydrogens is 216 g/mol. The van der Waals surface area contributed by atoms with Crippen LogP contribution in [0.25, 0.3) is 0 Å². The van der Waals surface area contributed by atoms with Crippen molar-refractivity contribution in [1.29, 1.82) is 0 Å². The van der Waals surface area contributed by atoms with Gasteiger partial charge in [0.1, 0.15) is 18.5 Å². The highest BCUT2D eigenvalue weighted by Crippen LogP contribution is 2.25. The van der Waals surface area contributed by atoms with E-state index in [1.165, 1.54) is 12.8 Å². The zero-order chi connectivity index (χ0) is 12.3. The number of nitrogens with two attached hydrogens (primary N) is 1. The standard InChI is InChI=1S/C13H20N2O2/c1-15(10-6-7-10)8-11(16)9-17-13-5-3-2-4-12(13)14/h2-5,10-11,16H,6-9,14H2,1H3. The quantitative estimate of drug-likeness (QED) is 0.726. The van der Waals surface area contributed by atoms with E-state index < -0.39 is 6.10 Å². The average Bonchev–Trinajstić information content (AvgIpc) is 3.11. The third-order valence-electron chi connectivity index (χ3n) is 3.02. The lowest BCUT2D eigenvalue weighted by Crippen LogP contribution is -2.34. The summed E-state index contributed by atoms with van der Waals surface area (Å²) in [6.45, 7) is 0.933. The molecule has 3 N–H and O–H groups in total. The molecule has 0 saturated heterocycles. The van der Waals surface area contributed by atoms with Gasteiger partial charge >= 0.3 is 0 Å². The minimum absolute atomic E-state index is 0.283. The number of aliphatic hydroxyl groups excluding tert-OH is 1. The van der Waals surface area contributed by atoms with E-state index in [1.54, 1.807) is 6.07 Å². The van der Waals surface area contributed by atoms with E-state index in [-0.39, 0.29) is 6.61 Å². The van der Waals surface area contributed by atoms with Crippen molar-refractivity contribution >= 4 is 5.69 Å². The maximum Gasteiger partial charge on any atom is 0.142 e. The molecule has 1 aliphatic rings. The fourth-order valence-electron chi connectivity index (χ4n) is 1.85. The summed E-state index contributed by atoms with van der Waals surface area (Å²) >= 11 is 0. The van der Waals surface area contributed by atoms with Crippen LogP contribution < -0.4 is 10.5 Å². The molecule has 0 aliphatic heterocycles. The first-order valence-corrected chi connectivity index (χ1v) is 6.02. The minimum atomic E-state index is -0.472. The number of anilines is 1. The number of likely N-dealkylation sites (N-methyl/N-ethyl adjacent to an activating group) is 1. The van der Waals surface area contributed by atoms with Crippen LogP contribution in [0.2, 0.25) is 0 Å². The fraction of sp³-hybridized carbons (Fsp3) is 0.538. The molecule has 0 amide bonds. The predicted molar refractivity (Wildman–Crippen MR) is 68.0 cm³/mol. The van der Waals surface area contributed by atoms with Crippen molar-refractivity contribution in [3.8, 4) is 5.75 Å². The second-order valence-corrected chi connectivity index (χ2v) is 4.67. The lowest BCUT2D eigenvalue weighted by Gasteiger charge is -2.20. The number of ether oxygens (including phenoxy) is 1. The van der Waals surface area contributed by atoms with E-state index in [9.17, 15) is 5.11 Å². The Morgan fingerprint density at radius 2 is 2.18 bits per heavy atom. The Morgan fingerprint density at radius 3 is 2.82 bits per heavy atom. The van der Waals surface area contributed by atoms with Crippen LogP contribution in [-0.4, -0.2) is 42.4 Å². The molecule has 1 unspecified atom stereocenters. The molecule has 4 heteroatoms. The molecule has 0 heterocycles. The van der Waals surface area contributed by atoms with Gasteiger partial charge in [-0.05, 0) is 32.0 Å². The number of hydrogen-bond donors (Lipinski definition) is 2. The molecule has 1 aromatic carbocycles. The third-order valence-corrected chi connectivity index (χ3v) is 3.02. The van der Waals surface area contributed by atoms with Gasteiger partial charge in [-0.3, -0.25) is 0 Å². The normalized spacial score (nSPS) is 17.1. The molecule has 0 radical (unpaired) electrons. The molecule has 2 rings (SSSR count). The van der Waals surface area contributed by atoms with Crippen LogP contribution in [0.5, 0.6) is 5.75 Å². The lowest BCUT2D eigenvalue weighted by molar-refractivity contribution is 0.0745. The molecule has 17 heavy (non-hydrogen) atoms. The van der Waals surface area contributed by atoms with Gasteiger partial charge in [-0.25, -0.2) is 0 Å². The van der Waals surface area contributed by atoms with E-state index in [0.717, 1.165) is 0 Å². The van der Waals surface area contributed by atoms with Gasteiger partial charge in [0, 0.05) is 12.6 Å². The van der Waals surface area contributed by atoms with Crippen molar-refractivity contribution < 1.29 is 9.84 Å². The van der Waals surface area contributed by atoms with E-state index >= 15 is 0 Å². The maximum absolute atomic E-state index is 9.84. The SMILES string of the molecule is CN(CC(O)COc1ccccc1N)C1CC1. The van der Waals surface area contributed by atoms with Crippen LogP contribution in [0.3, 0.4) is 0 Å². The van der Waals surface area contributed by atoms with E-state index in [4.69, 9.17) is 10.5 Å². The number of para-hydroxylation sites is 2. The number of hydrogen-bond acceptors (Lipinski definition) is 4. The second kappa shape index (κ2) is 5.38. The van der Waals surface area contributed by atoms with Crippen molar-refractivity contribution in [2.45, 2.75) is 25.0 Å². The molecule has 0 bridgehead atoms. The van der Waals surface area contributed by atoms with Gasteiger partial charge in [-0.2, -0.15) is 0 Å². The van der Waals surface area contributed by atoms with E-state index in [1.807, 2.05) is 25.2 Å². The molecule has 1 saturated carbocycles. The summed E-state index contributed by atoms with van der Waals surface area (Å²) in [5, 5.41) is 9.84. The van der Waals surface area contributed by atoms with Crippen LogP contribution in [0.1, 0.15) is 12.8 Å². The molecule has 0 spiro atoms. The zero-order valence-electron chi connectivity index (χ0n) is 10.2. The van der Waals surface area contributed by atoms with Gasteiger partial charge in [-0.1, -0.05) is 12.1 Å². The van der Waals surface area contributed by atoms with Crippen molar-refractivity contribution in [2.75, 3.05) is 25.9 Å². The molecular formula is C13H20N2O2. The second-order valence-electron chi connectivity index (χ2n) is 4.67. The smallest absolute Gasteiger partial charge is 0.142 e. The zero-order valence-corrected chi connectivity index (χ0v) is 10.2. The fourth-order valence-corrected chi connectivity index (χ4v) is 1.85. The van der Waals surface area contributed by atoms with Gasteiger partial charge in [-0.15, -0.1) is 0 Å².